The van der Waals surface area contributed by atoms with Crippen LogP contribution in [0.4, 0.5) is 11.4 Å². The standard InChI is InChI=1S/C23H17Cl2N5O3S/c24-19-6-3-14(12-18(19)22-17-2-1-8-26-21(17)7-9-27-22)29-23(31)16-5-4-15(13-20(16)25)30-11-10-28-34(30,32)33/h1-9,12-13,28H,10-11H2,(H,29,31). The van der Waals surface area contributed by atoms with Crippen LogP contribution in [-0.2, 0) is 10.2 Å². The van der Waals surface area contributed by atoms with Gasteiger partial charge in [-0.15, -0.1) is 0 Å². The lowest BCUT2D eigenvalue weighted by molar-refractivity contribution is 0.102. The summed E-state index contributed by atoms with van der Waals surface area (Å²) >= 11 is 12.8. The van der Waals surface area contributed by atoms with E-state index in [1.54, 1.807) is 36.7 Å². The van der Waals surface area contributed by atoms with Crippen LogP contribution in [0.15, 0.2) is 67.0 Å². The second-order valence-electron chi connectivity index (χ2n) is 7.51. The van der Waals surface area contributed by atoms with Crippen molar-refractivity contribution >= 4 is 61.6 Å². The highest BCUT2D eigenvalue weighted by Crippen LogP contribution is 2.34. The summed E-state index contributed by atoms with van der Waals surface area (Å²) in [5.41, 5.74) is 3.16. The summed E-state index contributed by atoms with van der Waals surface area (Å²) in [7, 11) is -3.59. The molecule has 0 spiro atoms. The van der Waals surface area contributed by atoms with Crippen LogP contribution in [0.25, 0.3) is 22.2 Å². The lowest BCUT2D eigenvalue weighted by atomic mass is 10.1. The fourth-order valence-electron chi connectivity index (χ4n) is 3.79. The van der Waals surface area contributed by atoms with Crippen molar-refractivity contribution < 1.29 is 13.2 Å². The number of halogens is 2. The molecule has 0 saturated carbocycles. The van der Waals surface area contributed by atoms with E-state index < -0.39 is 16.1 Å². The third-order valence-electron chi connectivity index (χ3n) is 5.38. The number of fused-ring (bicyclic) bond motifs is 1. The Labute approximate surface area is 205 Å². The number of hydrogen-bond donors (Lipinski definition) is 2. The maximum absolute atomic E-state index is 12.9. The molecule has 0 atom stereocenters. The quantitative estimate of drug-likeness (QED) is 0.417. The van der Waals surface area contributed by atoms with Crippen LogP contribution < -0.4 is 14.3 Å². The van der Waals surface area contributed by atoms with Crippen LogP contribution in [0, 0.1) is 0 Å². The number of carbonyl (C=O) groups is 1. The molecular formula is C23H17Cl2N5O3S. The Morgan fingerprint density at radius 3 is 2.62 bits per heavy atom. The molecule has 11 heteroatoms. The highest BCUT2D eigenvalue weighted by molar-refractivity contribution is 7.91. The molecule has 34 heavy (non-hydrogen) atoms. The van der Waals surface area contributed by atoms with Crippen molar-refractivity contribution in [1.82, 2.24) is 14.7 Å². The van der Waals surface area contributed by atoms with E-state index in [4.69, 9.17) is 23.2 Å². The molecule has 1 aliphatic heterocycles. The number of nitrogens with one attached hydrogen (secondary N) is 2. The fraction of sp³-hybridized carbons (Fsp3) is 0.0870. The molecule has 1 amide bonds. The fourth-order valence-corrected chi connectivity index (χ4v) is 5.48. The number of rotatable bonds is 4. The minimum Gasteiger partial charge on any atom is -0.322 e. The van der Waals surface area contributed by atoms with E-state index >= 15 is 0 Å². The first-order valence-corrected chi connectivity index (χ1v) is 12.4. The summed E-state index contributed by atoms with van der Waals surface area (Å²) in [5, 5.41) is 4.26. The third-order valence-corrected chi connectivity index (χ3v) is 7.57. The van der Waals surface area contributed by atoms with Gasteiger partial charge in [0.25, 0.3) is 5.91 Å². The molecule has 1 fully saturated rings. The molecule has 3 heterocycles. The Bertz CT molecular complexity index is 1540. The predicted octanol–water partition coefficient (Wildman–Crippen LogP) is 4.51. The first-order chi connectivity index (χ1) is 16.3. The van der Waals surface area contributed by atoms with Gasteiger partial charge >= 0.3 is 10.2 Å². The second kappa shape index (κ2) is 8.84. The molecule has 2 aromatic carbocycles. The number of amides is 1. The van der Waals surface area contributed by atoms with Gasteiger partial charge in [-0.25, -0.2) is 0 Å². The third kappa shape index (κ3) is 4.19. The van der Waals surface area contributed by atoms with Gasteiger partial charge in [-0.2, -0.15) is 13.1 Å². The van der Waals surface area contributed by atoms with Gasteiger partial charge in [0.15, 0.2) is 0 Å². The smallest absolute Gasteiger partial charge is 0.301 e. The van der Waals surface area contributed by atoms with E-state index in [0.29, 0.717) is 34.2 Å². The molecule has 0 unspecified atom stereocenters. The van der Waals surface area contributed by atoms with E-state index in [1.165, 1.54) is 16.4 Å². The van der Waals surface area contributed by atoms with Crippen molar-refractivity contribution in [2.45, 2.75) is 0 Å². The van der Waals surface area contributed by atoms with E-state index in [9.17, 15) is 13.2 Å². The first kappa shape index (κ1) is 22.5. The molecule has 172 valence electrons. The molecule has 8 nitrogen and oxygen atoms in total. The van der Waals surface area contributed by atoms with Crippen LogP contribution in [0.3, 0.4) is 0 Å². The molecule has 0 radical (unpaired) electrons. The van der Waals surface area contributed by atoms with Crippen LogP contribution in [-0.4, -0.2) is 37.4 Å². The van der Waals surface area contributed by atoms with Crippen LogP contribution in [0.2, 0.25) is 10.0 Å². The van der Waals surface area contributed by atoms with Gasteiger partial charge in [-0.05, 0) is 54.6 Å². The van der Waals surface area contributed by atoms with Crippen molar-refractivity contribution in [2.24, 2.45) is 0 Å². The summed E-state index contributed by atoms with van der Waals surface area (Å²) in [6.07, 6.45) is 3.36. The summed E-state index contributed by atoms with van der Waals surface area (Å²) in [6.45, 7) is 0.595. The molecule has 2 aromatic heterocycles. The van der Waals surface area contributed by atoms with Crippen molar-refractivity contribution in [2.75, 3.05) is 22.7 Å². The Hall–Kier alpha value is -3.24. The van der Waals surface area contributed by atoms with Gasteiger partial charge in [-0.1, -0.05) is 23.2 Å². The topological polar surface area (TPSA) is 104 Å². The number of benzene rings is 2. The lowest BCUT2D eigenvalue weighted by Gasteiger charge is -2.17. The largest absolute Gasteiger partial charge is 0.322 e. The lowest BCUT2D eigenvalue weighted by Crippen LogP contribution is -2.29. The summed E-state index contributed by atoms with van der Waals surface area (Å²) in [6, 6.07) is 15.1. The van der Waals surface area contributed by atoms with E-state index in [0.717, 1.165) is 10.9 Å². The van der Waals surface area contributed by atoms with E-state index in [1.807, 2.05) is 18.2 Å². The van der Waals surface area contributed by atoms with Crippen LogP contribution in [0.5, 0.6) is 0 Å². The Balaban J connectivity index is 1.44. The van der Waals surface area contributed by atoms with Crippen molar-refractivity contribution in [3.63, 3.8) is 0 Å². The Morgan fingerprint density at radius 2 is 1.85 bits per heavy atom. The highest BCUT2D eigenvalue weighted by atomic mass is 35.5. The minimum absolute atomic E-state index is 0.132. The first-order valence-electron chi connectivity index (χ1n) is 10.2. The summed E-state index contributed by atoms with van der Waals surface area (Å²) < 4.78 is 27.8. The average molecular weight is 514 g/mol. The molecule has 1 aliphatic rings. The Kier molecular flexibility index (Phi) is 5.86. The van der Waals surface area contributed by atoms with Gasteiger partial charge in [0.05, 0.1) is 32.5 Å². The predicted molar refractivity (Wildman–Crippen MR) is 134 cm³/mol. The maximum Gasteiger partial charge on any atom is 0.301 e. The van der Waals surface area contributed by atoms with Crippen molar-refractivity contribution in [3.05, 3.63) is 82.6 Å². The van der Waals surface area contributed by atoms with Gasteiger partial charge < -0.3 is 5.32 Å². The van der Waals surface area contributed by atoms with E-state index in [-0.39, 0.29) is 17.1 Å². The molecule has 4 aromatic rings. The maximum atomic E-state index is 12.9. The van der Waals surface area contributed by atoms with E-state index in [2.05, 4.69) is 20.0 Å². The normalized spacial score (nSPS) is 14.9. The average Bonchev–Trinajstić information content (AvgIpc) is 3.18. The second-order valence-corrected chi connectivity index (χ2v) is 10.0. The van der Waals surface area contributed by atoms with Crippen molar-refractivity contribution in [3.8, 4) is 11.3 Å². The number of pyridine rings is 2. The number of nitrogens with zero attached hydrogens (tertiary/aromatic N) is 3. The van der Waals surface area contributed by atoms with Crippen LogP contribution in [0.1, 0.15) is 10.4 Å². The molecule has 2 N–H and O–H groups in total. The molecule has 1 saturated heterocycles. The molecule has 0 bridgehead atoms. The molecule has 0 aliphatic carbocycles. The summed E-state index contributed by atoms with van der Waals surface area (Å²) in [5.74, 6) is -0.445. The zero-order valence-corrected chi connectivity index (χ0v) is 19.8. The van der Waals surface area contributed by atoms with Gasteiger partial charge in [-0.3, -0.25) is 19.1 Å². The van der Waals surface area contributed by atoms with Crippen LogP contribution >= 0.6 is 23.2 Å². The van der Waals surface area contributed by atoms with Crippen molar-refractivity contribution in [1.29, 1.82) is 0 Å². The number of anilines is 2. The molecule has 5 rings (SSSR count). The Morgan fingerprint density at radius 1 is 1.00 bits per heavy atom. The molecular weight excluding hydrogens is 497 g/mol. The van der Waals surface area contributed by atoms with Gasteiger partial charge in [0.1, 0.15) is 0 Å². The number of carbonyl (C=O) groups excluding carboxylic acids is 1. The highest BCUT2D eigenvalue weighted by Gasteiger charge is 2.28. The minimum atomic E-state index is -3.59. The zero-order valence-electron chi connectivity index (χ0n) is 17.5. The van der Waals surface area contributed by atoms with Gasteiger partial charge in [0, 0.05) is 42.1 Å². The summed E-state index contributed by atoms with van der Waals surface area (Å²) in [4.78, 5) is 21.8. The zero-order chi connectivity index (χ0) is 23.9. The number of hydrogen-bond acceptors (Lipinski definition) is 5. The number of aromatic nitrogens is 2. The monoisotopic (exact) mass is 513 g/mol. The SMILES string of the molecule is O=C(Nc1ccc(Cl)c(-c2nccc3ncccc23)c1)c1ccc(N2CCNS2(=O)=O)cc1Cl. The van der Waals surface area contributed by atoms with Gasteiger partial charge in [0.2, 0.25) is 0 Å².